The number of hydrogen-bond acceptors (Lipinski definition) is 7. The van der Waals surface area contributed by atoms with Crippen LogP contribution in [0.25, 0.3) is 0 Å². The van der Waals surface area contributed by atoms with Gasteiger partial charge in [-0.05, 0) is 42.5 Å². The van der Waals surface area contributed by atoms with Crippen LogP contribution in [0, 0.1) is 10.4 Å². The van der Waals surface area contributed by atoms with Gasteiger partial charge in [0, 0.05) is 16.3 Å². The van der Waals surface area contributed by atoms with Crippen molar-refractivity contribution in [1.82, 2.24) is 0 Å². The molecular formula is C17H10ClN3O5-2. The lowest BCUT2D eigenvalue weighted by atomic mass is 10.0. The molecule has 2 aromatic rings. The Morgan fingerprint density at radius 3 is 2.04 bits per heavy atom. The third-order valence-corrected chi connectivity index (χ3v) is 4.70. The van der Waals surface area contributed by atoms with Gasteiger partial charge in [-0.15, -0.1) is 0 Å². The molecule has 132 valence electrons. The van der Waals surface area contributed by atoms with E-state index in [2.05, 4.69) is 0 Å². The number of rotatable bonds is 2. The molecule has 0 spiro atoms. The van der Waals surface area contributed by atoms with Gasteiger partial charge in [0.15, 0.2) is 0 Å². The second kappa shape index (κ2) is 5.80. The zero-order valence-corrected chi connectivity index (χ0v) is 13.8. The van der Waals surface area contributed by atoms with Crippen LogP contribution in [-0.2, 0) is 9.59 Å². The molecule has 2 amide bonds. The first-order chi connectivity index (χ1) is 12.4. The molecule has 0 radical (unpaired) electrons. The number of imide groups is 1. The molecule has 2 aliphatic rings. The lowest BCUT2D eigenvalue weighted by Gasteiger charge is -2.51. The average Bonchev–Trinajstić information content (AvgIpc) is 2.91. The van der Waals surface area contributed by atoms with E-state index in [4.69, 9.17) is 11.6 Å². The Labute approximate surface area is 152 Å². The van der Waals surface area contributed by atoms with Gasteiger partial charge in [0.05, 0.1) is 11.4 Å². The minimum Gasteiger partial charge on any atom is -0.758 e. The molecule has 9 heteroatoms. The average molecular weight is 372 g/mol. The molecule has 26 heavy (non-hydrogen) atoms. The van der Waals surface area contributed by atoms with Crippen LogP contribution < -0.4 is 15.0 Å². The molecule has 0 bridgehead atoms. The number of anilines is 3. The number of amides is 2. The molecule has 0 saturated carbocycles. The predicted octanol–water partition coefficient (Wildman–Crippen LogP) is 2.09. The van der Waals surface area contributed by atoms with Crippen LogP contribution in [0.1, 0.15) is 10.4 Å². The standard InChI is InChI=1S/C17H10ClN3O5/c18-10-2-4-11(5-3-10)19-16(23)14-15(17(19)24)21(26)13-7-9(8-22)1-6-12(13)20(14)25/h1-8,14-15H/q-2. The van der Waals surface area contributed by atoms with Gasteiger partial charge < -0.3 is 20.5 Å². The summed E-state index contributed by atoms with van der Waals surface area (Å²) < 4.78 is 0. The van der Waals surface area contributed by atoms with Crippen LogP contribution in [-0.4, -0.2) is 30.2 Å². The Morgan fingerprint density at radius 2 is 1.46 bits per heavy atom. The summed E-state index contributed by atoms with van der Waals surface area (Å²) in [6.45, 7) is 0. The molecule has 2 aliphatic heterocycles. The fourth-order valence-corrected chi connectivity index (χ4v) is 3.35. The Balaban J connectivity index is 1.80. The van der Waals surface area contributed by atoms with Crippen LogP contribution in [0.2, 0.25) is 5.02 Å². The number of benzene rings is 2. The van der Waals surface area contributed by atoms with Gasteiger partial charge in [-0.25, -0.2) is 4.90 Å². The molecule has 1 saturated heterocycles. The summed E-state index contributed by atoms with van der Waals surface area (Å²) >= 11 is 5.82. The number of aldehydes is 1. The smallest absolute Gasteiger partial charge is 0.258 e. The maximum Gasteiger partial charge on any atom is 0.258 e. The minimum absolute atomic E-state index is 0.0639. The maximum absolute atomic E-state index is 12.8. The van der Waals surface area contributed by atoms with Crippen molar-refractivity contribution in [3.8, 4) is 0 Å². The highest BCUT2D eigenvalue weighted by molar-refractivity contribution is 6.31. The van der Waals surface area contributed by atoms with Gasteiger partial charge in [0.2, 0.25) is 0 Å². The molecule has 8 nitrogen and oxygen atoms in total. The molecule has 2 unspecified atom stereocenters. The van der Waals surface area contributed by atoms with E-state index in [0.29, 0.717) is 21.4 Å². The van der Waals surface area contributed by atoms with Crippen molar-refractivity contribution in [2.45, 2.75) is 12.1 Å². The van der Waals surface area contributed by atoms with Crippen LogP contribution in [0.15, 0.2) is 42.5 Å². The summed E-state index contributed by atoms with van der Waals surface area (Å²) in [7, 11) is 0. The van der Waals surface area contributed by atoms with E-state index >= 15 is 0 Å². The first-order valence-electron chi connectivity index (χ1n) is 7.59. The quantitative estimate of drug-likeness (QED) is 0.587. The molecule has 0 N–H and O–H groups in total. The van der Waals surface area contributed by atoms with Crippen LogP contribution in [0.3, 0.4) is 0 Å². The summed E-state index contributed by atoms with van der Waals surface area (Å²) in [6, 6.07) is 6.76. The molecule has 0 aromatic heterocycles. The van der Waals surface area contributed by atoms with E-state index in [1.54, 1.807) is 0 Å². The van der Waals surface area contributed by atoms with Crippen molar-refractivity contribution in [2.24, 2.45) is 0 Å². The van der Waals surface area contributed by atoms with Crippen molar-refractivity contribution < 1.29 is 14.4 Å². The lowest BCUT2D eigenvalue weighted by molar-refractivity contribution is -0.121. The molecule has 4 rings (SSSR count). The molecule has 2 aromatic carbocycles. The first kappa shape index (κ1) is 16.5. The number of halogens is 1. The Kier molecular flexibility index (Phi) is 3.69. The normalized spacial score (nSPS) is 21.7. The summed E-state index contributed by atoms with van der Waals surface area (Å²) in [5.41, 5.74) is 0.219. The third-order valence-electron chi connectivity index (χ3n) is 4.45. The van der Waals surface area contributed by atoms with Gasteiger partial charge >= 0.3 is 0 Å². The van der Waals surface area contributed by atoms with Crippen molar-refractivity contribution in [3.05, 3.63) is 63.5 Å². The van der Waals surface area contributed by atoms with E-state index in [-0.39, 0.29) is 22.6 Å². The highest BCUT2D eigenvalue weighted by atomic mass is 35.5. The lowest BCUT2D eigenvalue weighted by Crippen LogP contribution is -2.54. The molecule has 1 fully saturated rings. The fraction of sp³-hybridized carbons (Fsp3) is 0.118. The maximum atomic E-state index is 12.8. The van der Waals surface area contributed by atoms with Gasteiger partial charge in [0.25, 0.3) is 11.8 Å². The Bertz CT molecular complexity index is 932. The van der Waals surface area contributed by atoms with Crippen LogP contribution >= 0.6 is 11.6 Å². The Hall–Kier alpha value is -2.94. The van der Waals surface area contributed by atoms with Crippen molar-refractivity contribution in [2.75, 3.05) is 15.0 Å². The molecule has 2 heterocycles. The summed E-state index contributed by atoms with van der Waals surface area (Å²) in [5.74, 6) is -1.59. The SMILES string of the molecule is O=Cc1ccc2c(c1)N([O-])C1C(=O)N(c3ccc(Cl)cc3)C(=O)C1N2[O-]. The number of hydrogen-bond donors (Lipinski definition) is 0. The van der Waals surface area contributed by atoms with E-state index in [1.807, 2.05) is 0 Å². The van der Waals surface area contributed by atoms with E-state index in [0.717, 1.165) is 4.90 Å². The Morgan fingerprint density at radius 1 is 0.885 bits per heavy atom. The van der Waals surface area contributed by atoms with Crippen LogP contribution in [0.4, 0.5) is 17.1 Å². The van der Waals surface area contributed by atoms with E-state index in [9.17, 15) is 24.8 Å². The zero-order valence-electron chi connectivity index (χ0n) is 13.0. The van der Waals surface area contributed by atoms with Crippen LogP contribution in [0.5, 0.6) is 0 Å². The number of carbonyl (C=O) groups is 3. The number of nitrogens with zero attached hydrogens (tertiary/aromatic N) is 3. The molecular weight excluding hydrogens is 362 g/mol. The van der Waals surface area contributed by atoms with E-state index in [1.165, 1.54) is 42.5 Å². The van der Waals surface area contributed by atoms with Crippen molar-refractivity contribution in [3.63, 3.8) is 0 Å². The number of carbonyl (C=O) groups excluding carboxylic acids is 3. The van der Waals surface area contributed by atoms with Gasteiger partial charge in [0.1, 0.15) is 18.4 Å². The van der Waals surface area contributed by atoms with Crippen molar-refractivity contribution >= 4 is 46.8 Å². The molecule has 2 atom stereocenters. The monoisotopic (exact) mass is 371 g/mol. The zero-order chi connectivity index (χ0) is 18.6. The largest absolute Gasteiger partial charge is 0.758 e. The third kappa shape index (κ3) is 2.20. The summed E-state index contributed by atoms with van der Waals surface area (Å²) in [6.07, 6.45) is 0.525. The van der Waals surface area contributed by atoms with Gasteiger partial charge in [-0.1, -0.05) is 11.6 Å². The van der Waals surface area contributed by atoms with Gasteiger partial charge in [-0.3, -0.25) is 14.4 Å². The second-order valence-electron chi connectivity index (χ2n) is 5.90. The predicted molar refractivity (Wildman–Crippen MR) is 95.0 cm³/mol. The minimum atomic E-state index is -1.52. The van der Waals surface area contributed by atoms with Gasteiger partial charge in [-0.2, -0.15) is 0 Å². The first-order valence-corrected chi connectivity index (χ1v) is 7.97. The summed E-state index contributed by atoms with van der Waals surface area (Å²) in [4.78, 5) is 37.2. The van der Waals surface area contributed by atoms with E-state index < -0.39 is 23.9 Å². The second-order valence-corrected chi connectivity index (χ2v) is 6.33. The number of fused-ring (bicyclic) bond motifs is 2. The summed E-state index contributed by atoms with van der Waals surface area (Å²) in [5, 5.41) is 26.5. The molecule has 0 aliphatic carbocycles. The highest BCUT2D eigenvalue weighted by Crippen LogP contribution is 2.42. The highest BCUT2D eigenvalue weighted by Gasteiger charge is 2.52. The number of hydroxylamine groups is 2. The van der Waals surface area contributed by atoms with Crippen molar-refractivity contribution in [1.29, 1.82) is 0 Å². The topological polar surface area (TPSA) is 107 Å². The fourth-order valence-electron chi connectivity index (χ4n) is 3.22.